The van der Waals surface area contributed by atoms with Crippen molar-refractivity contribution in [3.8, 4) is 0 Å². The van der Waals surface area contributed by atoms with E-state index in [1.54, 1.807) is 0 Å². The summed E-state index contributed by atoms with van der Waals surface area (Å²) >= 11 is 0. The molecule has 2 atom stereocenters. The van der Waals surface area contributed by atoms with E-state index >= 15 is 0 Å². The molecule has 0 spiro atoms. The predicted molar refractivity (Wildman–Crippen MR) is 136 cm³/mol. The molecule has 1 fully saturated rings. The van der Waals surface area contributed by atoms with Crippen molar-refractivity contribution in [2.75, 3.05) is 0 Å². The van der Waals surface area contributed by atoms with Gasteiger partial charge < -0.3 is 19.7 Å². The van der Waals surface area contributed by atoms with Crippen LogP contribution in [0.2, 0.25) is 0 Å². The second-order valence-electron chi connectivity index (χ2n) is 9.47. The molecule has 1 aliphatic rings. The molecule has 0 aliphatic carbocycles. The molecule has 1 aliphatic heterocycles. The summed E-state index contributed by atoms with van der Waals surface area (Å²) in [6.07, 6.45) is -1.87. The fraction of sp³-hybridized carbons (Fsp3) is 0.226. The Morgan fingerprint density at radius 2 is 0.722 bits per heavy atom. The first-order chi connectivity index (χ1) is 16.9. The van der Waals surface area contributed by atoms with E-state index < -0.39 is 29.2 Å². The third kappa shape index (κ3) is 4.61. The van der Waals surface area contributed by atoms with Gasteiger partial charge in [-0.3, -0.25) is 0 Å². The van der Waals surface area contributed by atoms with Crippen molar-refractivity contribution in [2.24, 2.45) is 0 Å². The van der Waals surface area contributed by atoms with Gasteiger partial charge in [-0.15, -0.1) is 0 Å². The summed E-state index contributed by atoms with van der Waals surface area (Å²) in [5.41, 5.74) is -0.564. The summed E-state index contributed by atoms with van der Waals surface area (Å²) in [5, 5.41) is 25.2. The van der Waals surface area contributed by atoms with E-state index in [0.717, 1.165) is 0 Å². The van der Waals surface area contributed by atoms with Gasteiger partial charge in [-0.25, -0.2) is 0 Å². The first-order valence-electron chi connectivity index (χ1n) is 11.9. The molecule has 1 saturated heterocycles. The fourth-order valence-electron chi connectivity index (χ4n) is 5.13. The van der Waals surface area contributed by atoms with Gasteiger partial charge in [0.05, 0.1) is 0 Å². The van der Waals surface area contributed by atoms with Crippen molar-refractivity contribution in [3.63, 3.8) is 0 Å². The molecule has 2 N–H and O–H groups in total. The van der Waals surface area contributed by atoms with Crippen LogP contribution in [0.3, 0.4) is 0 Å². The van der Waals surface area contributed by atoms with E-state index in [-0.39, 0.29) is 21.7 Å². The van der Waals surface area contributed by atoms with Crippen molar-refractivity contribution in [3.05, 3.63) is 144 Å². The summed E-state index contributed by atoms with van der Waals surface area (Å²) in [5.74, 6) is -1.05. The maximum absolute atomic E-state index is 12.6. The van der Waals surface area contributed by atoms with E-state index in [1.807, 2.05) is 135 Å². The SMILES string of the molecule is CC1(C)O[C@@H](C(O)(c2ccccc2)c2ccccc2)[C@H](C(O)(c2ccccc2)c2ccccc2)O1.[Ti]. The number of rotatable bonds is 6. The topological polar surface area (TPSA) is 58.9 Å². The van der Waals surface area contributed by atoms with Crippen molar-refractivity contribution in [2.45, 2.75) is 43.0 Å². The van der Waals surface area contributed by atoms with Gasteiger partial charge in [0.2, 0.25) is 0 Å². The smallest absolute Gasteiger partial charge is 0.164 e. The average Bonchev–Trinajstić information content (AvgIpc) is 3.26. The second-order valence-corrected chi connectivity index (χ2v) is 9.47. The average molecular weight is 514 g/mol. The zero-order valence-corrected chi connectivity index (χ0v) is 22.0. The van der Waals surface area contributed by atoms with Crippen molar-refractivity contribution in [1.82, 2.24) is 0 Å². The Balaban J connectivity index is 0.00000304. The van der Waals surface area contributed by atoms with Crippen LogP contribution in [-0.4, -0.2) is 28.2 Å². The summed E-state index contributed by atoms with van der Waals surface area (Å²) in [4.78, 5) is 0. The molecule has 5 heteroatoms. The maximum atomic E-state index is 12.6. The van der Waals surface area contributed by atoms with Gasteiger partial charge in [0.1, 0.15) is 23.4 Å². The third-order valence-corrected chi connectivity index (χ3v) is 6.78. The summed E-state index contributed by atoms with van der Waals surface area (Å²) in [6.45, 7) is 3.62. The Morgan fingerprint density at radius 3 is 0.944 bits per heavy atom. The Labute approximate surface area is 227 Å². The standard InChI is InChI=1S/C31H30O4.Ti/c1-29(2)34-27(30(32,23-15-7-3-8-16-23)24-17-9-4-10-18-24)28(35-29)31(33,25-19-11-5-12-20-25)26-21-13-6-14-22-26;/h3-22,27-28,32-33H,1-2H3;/t27-,28-;/m1./s1. The second kappa shape index (κ2) is 10.4. The van der Waals surface area contributed by atoms with Crippen molar-refractivity contribution >= 4 is 0 Å². The van der Waals surface area contributed by atoms with E-state index in [0.29, 0.717) is 22.3 Å². The number of hydrogen-bond acceptors (Lipinski definition) is 4. The van der Waals surface area contributed by atoms with Gasteiger partial charge in [-0.1, -0.05) is 121 Å². The van der Waals surface area contributed by atoms with Crippen LogP contribution < -0.4 is 0 Å². The molecule has 5 rings (SSSR count). The Bertz CT molecular complexity index is 1070. The normalized spacial score (nSPS) is 19.4. The van der Waals surface area contributed by atoms with Crippen LogP contribution in [0.15, 0.2) is 121 Å². The van der Waals surface area contributed by atoms with Gasteiger partial charge in [-0.2, -0.15) is 0 Å². The summed E-state index contributed by atoms with van der Waals surface area (Å²) < 4.78 is 13.0. The monoisotopic (exact) mass is 514 g/mol. The van der Waals surface area contributed by atoms with Crippen LogP contribution in [0.1, 0.15) is 36.1 Å². The van der Waals surface area contributed by atoms with Crippen LogP contribution >= 0.6 is 0 Å². The minimum absolute atomic E-state index is 0. The molecule has 0 amide bonds. The van der Waals surface area contributed by atoms with Crippen LogP contribution in [0.25, 0.3) is 0 Å². The minimum atomic E-state index is -1.60. The molecule has 0 aromatic heterocycles. The Hall–Kier alpha value is -2.57. The van der Waals surface area contributed by atoms with E-state index in [2.05, 4.69) is 0 Å². The molecule has 4 aromatic rings. The van der Waals surface area contributed by atoms with Gasteiger partial charge >= 0.3 is 0 Å². The molecular formula is C31H30O4Ti. The van der Waals surface area contributed by atoms with Gasteiger partial charge in [0.15, 0.2) is 5.79 Å². The molecule has 36 heavy (non-hydrogen) atoms. The Morgan fingerprint density at radius 1 is 0.500 bits per heavy atom. The molecule has 0 unspecified atom stereocenters. The van der Waals surface area contributed by atoms with E-state index in [9.17, 15) is 10.2 Å². The quantitative estimate of drug-likeness (QED) is 0.340. The zero-order chi connectivity index (χ0) is 24.5. The molecule has 1 heterocycles. The van der Waals surface area contributed by atoms with Crippen molar-refractivity contribution < 1.29 is 41.4 Å². The van der Waals surface area contributed by atoms with Crippen LogP contribution in [-0.2, 0) is 42.4 Å². The number of hydrogen-bond donors (Lipinski definition) is 2. The Kier molecular flexibility index (Phi) is 7.68. The molecule has 4 nitrogen and oxygen atoms in total. The number of ether oxygens (including phenoxy) is 2. The third-order valence-electron chi connectivity index (χ3n) is 6.78. The van der Waals surface area contributed by atoms with Crippen LogP contribution in [0.4, 0.5) is 0 Å². The summed E-state index contributed by atoms with van der Waals surface area (Å²) in [6, 6.07) is 37.8. The molecule has 4 aromatic carbocycles. The number of aliphatic hydroxyl groups is 2. The fourth-order valence-corrected chi connectivity index (χ4v) is 5.13. The van der Waals surface area contributed by atoms with Gasteiger partial charge in [0.25, 0.3) is 0 Å². The van der Waals surface area contributed by atoms with E-state index in [4.69, 9.17) is 9.47 Å². The number of benzene rings is 4. The molecular weight excluding hydrogens is 484 g/mol. The maximum Gasteiger partial charge on any atom is 0.164 e. The van der Waals surface area contributed by atoms with Crippen LogP contribution in [0, 0.1) is 0 Å². The zero-order valence-electron chi connectivity index (χ0n) is 20.4. The molecule has 0 bridgehead atoms. The first-order valence-corrected chi connectivity index (χ1v) is 11.9. The van der Waals surface area contributed by atoms with Crippen LogP contribution in [0.5, 0.6) is 0 Å². The molecule has 0 saturated carbocycles. The first kappa shape index (κ1) is 26.5. The van der Waals surface area contributed by atoms with Gasteiger partial charge in [-0.05, 0) is 36.1 Å². The van der Waals surface area contributed by atoms with Crippen molar-refractivity contribution in [1.29, 1.82) is 0 Å². The van der Waals surface area contributed by atoms with Gasteiger partial charge in [0, 0.05) is 21.7 Å². The predicted octanol–water partition coefficient (Wildman–Crippen LogP) is 5.38. The largest absolute Gasteiger partial charge is 0.378 e. The summed E-state index contributed by atoms with van der Waals surface area (Å²) in [7, 11) is 0. The van der Waals surface area contributed by atoms with E-state index in [1.165, 1.54) is 0 Å². The molecule has 182 valence electrons. The molecule has 0 radical (unpaired) electrons. The minimum Gasteiger partial charge on any atom is -0.378 e.